The third kappa shape index (κ3) is 4.49. The molecule has 1 aromatic carbocycles. The van der Waals surface area contributed by atoms with Crippen molar-refractivity contribution >= 4 is 43.4 Å². The lowest BCUT2D eigenvalue weighted by Gasteiger charge is -2.09. The molecule has 108 valence electrons. The Morgan fingerprint density at radius 3 is 2.50 bits per heavy atom. The van der Waals surface area contributed by atoms with Crippen LogP contribution in [0.25, 0.3) is 5.57 Å². The van der Waals surface area contributed by atoms with Crippen LogP contribution in [0.1, 0.15) is 36.7 Å². The number of rotatable bonds is 4. The molecule has 0 spiro atoms. The predicted molar refractivity (Wildman–Crippen MR) is 88.3 cm³/mol. The molecule has 0 aromatic heterocycles. The lowest BCUT2D eigenvalue weighted by atomic mass is 10.0. The summed E-state index contributed by atoms with van der Waals surface area (Å²) in [5.41, 5.74) is 1.90. The summed E-state index contributed by atoms with van der Waals surface area (Å²) >= 11 is 6.84. The summed E-state index contributed by atoms with van der Waals surface area (Å²) in [6.07, 6.45) is 1.94. The van der Waals surface area contributed by atoms with Crippen LogP contribution in [0.3, 0.4) is 0 Å². The Kier molecular flexibility index (Phi) is 6.49. The summed E-state index contributed by atoms with van der Waals surface area (Å²) in [7, 11) is 0. The highest BCUT2D eigenvalue weighted by Crippen LogP contribution is 2.30. The second-order valence-corrected chi connectivity index (χ2v) is 6.57. The van der Waals surface area contributed by atoms with Crippen molar-refractivity contribution in [2.45, 2.75) is 20.8 Å². The summed E-state index contributed by atoms with van der Waals surface area (Å²) in [6, 6.07) is 4.87. The van der Waals surface area contributed by atoms with Crippen LogP contribution in [0.5, 0.6) is 5.75 Å². The number of carbonyl (C=O) groups is 1. The monoisotopic (exact) mass is 402 g/mol. The topological polar surface area (TPSA) is 46.5 Å². The minimum absolute atomic E-state index is 0.0849. The number of hydrogen-bond acceptors (Lipinski definition) is 3. The molecular formula is C15H16Br2O3. The van der Waals surface area contributed by atoms with Gasteiger partial charge in [-0.2, -0.15) is 0 Å². The van der Waals surface area contributed by atoms with Crippen molar-refractivity contribution in [3.05, 3.63) is 44.4 Å². The van der Waals surface area contributed by atoms with Gasteiger partial charge in [0.25, 0.3) is 0 Å². The van der Waals surface area contributed by atoms with Crippen LogP contribution in [0.4, 0.5) is 0 Å². The molecule has 0 amide bonds. The number of phenols is 1. The average molecular weight is 404 g/mol. The van der Waals surface area contributed by atoms with Crippen molar-refractivity contribution in [2.75, 3.05) is 6.61 Å². The van der Waals surface area contributed by atoms with Gasteiger partial charge in [0.15, 0.2) is 0 Å². The number of phenolic OH excluding ortho intramolecular Hbond substituents is 1. The van der Waals surface area contributed by atoms with E-state index in [1.54, 1.807) is 19.1 Å². The van der Waals surface area contributed by atoms with Crippen LogP contribution in [-0.2, 0) is 4.74 Å². The van der Waals surface area contributed by atoms with Gasteiger partial charge in [-0.05, 0) is 59.1 Å². The van der Waals surface area contributed by atoms with E-state index >= 15 is 0 Å². The van der Waals surface area contributed by atoms with E-state index in [1.165, 1.54) is 6.07 Å². The molecule has 0 aliphatic carbocycles. The van der Waals surface area contributed by atoms with Gasteiger partial charge in [0.1, 0.15) is 11.3 Å². The van der Waals surface area contributed by atoms with E-state index in [-0.39, 0.29) is 17.9 Å². The maximum atomic E-state index is 11.8. The van der Waals surface area contributed by atoms with E-state index in [0.29, 0.717) is 0 Å². The summed E-state index contributed by atoms with van der Waals surface area (Å²) in [6.45, 7) is 5.83. The van der Waals surface area contributed by atoms with E-state index in [4.69, 9.17) is 4.74 Å². The van der Waals surface area contributed by atoms with Crippen LogP contribution in [0, 0.1) is 0 Å². The number of halogens is 2. The van der Waals surface area contributed by atoms with Crippen LogP contribution < -0.4 is 0 Å². The zero-order valence-corrected chi connectivity index (χ0v) is 14.7. The van der Waals surface area contributed by atoms with E-state index in [0.717, 1.165) is 20.1 Å². The van der Waals surface area contributed by atoms with Crippen molar-refractivity contribution < 1.29 is 14.6 Å². The molecule has 0 atom stereocenters. The number of benzene rings is 1. The van der Waals surface area contributed by atoms with Gasteiger partial charge in [0.2, 0.25) is 0 Å². The Bertz CT molecular complexity index is 566. The molecule has 1 rings (SSSR count). The second kappa shape index (κ2) is 7.64. The highest BCUT2D eigenvalue weighted by atomic mass is 79.9. The quantitative estimate of drug-likeness (QED) is 0.568. The summed E-state index contributed by atoms with van der Waals surface area (Å²) < 4.78 is 6.82. The smallest absolute Gasteiger partial charge is 0.341 e. The number of carbonyl (C=O) groups excluding carboxylic acids is 1. The molecule has 1 aromatic rings. The van der Waals surface area contributed by atoms with Gasteiger partial charge in [-0.3, -0.25) is 0 Å². The van der Waals surface area contributed by atoms with Crippen molar-refractivity contribution in [1.82, 2.24) is 0 Å². The minimum atomic E-state index is -0.530. The van der Waals surface area contributed by atoms with Crippen LogP contribution in [0.15, 0.2) is 33.2 Å². The SMILES string of the molecule is CCOC(=O)c1cc(C(/C=C(\C)Br)=C(/C)Br)ccc1O. The lowest BCUT2D eigenvalue weighted by molar-refractivity contribution is 0.0523. The molecule has 5 heteroatoms. The Balaban J connectivity index is 3.34. The fourth-order valence-electron chi connectivity index (χ4n) is 1.66. The van der Waals surface area contributed by atoms with Gasteiger partial charge in [0, 0.05) is 0 Å². The standard InChI is InChI=1S/C15H16Br2O3/c1-4-20-15(19)13-8-11(5-6-14(13)18)12(10(3)17)7-9(2)16/h5-8,18H,4H2,1-3H3/b9-7+,12-10-. The van der Waals surface area contributed by atoms with Crippen molar-refractivity contribution in [3.63, 3.8) is 0 Å². The Morgan fingerprint density at radius 2 is 2.00 bits per heavy atom. The second-order valence-electron chi connectivity index (χ2n) is 4.13. The average Bonchev–Trinajstić information content (AvgIpc) is 2.36. The van der Waals surface area contributed by atoms with Gasteiger partial charge in [-0.1, -0.05) is 37.9 Å². The molecule has 0 aliphatic rings. The summed E-state index contributed by atoms with van der Waals surface area (Å²) in [5, 5.41) is 9.78. The summed E-state index contributed by atoms with van der Waals surface area (Å²) in [5.74, 6) is -0.615. The normalized spacial score (nSPS) is 12.9. The van der Waals surface area contributed by atoms with E-state index in [2.05, 4.69) is 31.9 Å². The highest BCUT2D eigenvalue weighted by molar-refractivity contribution is 9.12. The molecule has 0 aliphatic heterocycles. The van der Waals surface area contributed by atoms with E-state index in [1.807, 2.05) is 19.9 Å². The lowest BCUT2D eigenvalue weighted by Crippen LogP contribution is -2.05. The van der Waals surface area contributed by atoms with Crippen LogP contribution >= 0.6 is 31.9 Å². The van der Waals surface area contributed by atoms with Gasteiger partial charge in [0.05, 0.1) is 6.61 Å². The fraction of sp³-hybridized carbons (Fsp3) is 0.267. The molecule has 3 nitrogen and oxygen atoms in total. The third-order valence-electron chi connectivity index (χ3n) is 2.52. The van der Waals surface area contributed by atoms with Crippen molar-refractivity contribution in [2.24, 2.45) is 0 Å². The fourth-order valence-corrected chi connectivity index (χ4v) is 2.23. The van der Waals surface area contributed by atoms with Gasteiger partial charge >= 0.3 is 5.97 Å². The largest absolute Gasteiger partial charge is 0.507 e. The van der Waals surface area contributed by atoms with Crippen molar-refractivity contribution in [3.8, 4) is 5.75 Å². The number of esters is 1. The maximum Gasteiger partial charge on any atom is 0.341 e. The first-order chi connectivity index (χ1) is 9.36. The molecular weight excluding hydrogens is 388 g/mol. The Labute approximate surface area is 135 Å². The zero-order chi connectivity index (χ0) is 15.3. The predicted octanol–water partition coefficient (Wildman–Crippen LogP) is 4.99. The molecule has 0 bridgehead atoms. The van der Waals surface area contributed by atoms with Gasteiger partial charge in [-0.15, -0.1) is 0 Å². The molecule has 0 saturated heterocycles. The molecule has 0 radical (unpaired) electrons. The Morgan fingerprint density at radius 1 is 1.35 bits per heavy atom. The first kappa shape index (κ1) is 17.0. The van der Waals surface area contributed by atoms with Crippen LogP contribution in [0.2, 0.25) is 0 Å². The molecule has 0 heterocycles. The highest BCUT2D eigenvalue weighted by Gasteiger charge is 2.14. The number of aromatic hydroxyl groups is 1. The Hall–Kier alpha value is -1.07. The number of ether oxygens (including phenoxy) is 1. The first-order valence-electron chi connectivity index (χ1n) is 6.07. The minimum Gasteiger partial charge on any atom is -0.507 e. The third-order valence-corrected chi connectivity index (χ3v) is 3.17. The number of allylic oxidation sites excluding steroid dienone is 4. The summed E-state index contributed by atoms with van der Waals surface area (Å²) in [4.78, 5) is 11.8. The molecule has 0 fully saturated rings. The molecule has 0 unspecified atom stereocenters. The molecule has 0 saturated carbocycles. The molecule has 1 N–H and O–H groups in total. The first-order valence-corrected chi connectivity index (χ1v) is 7.66. The van der Waals surface area contributed by atoms with Gasteiger partial charge < -0.3 is 9.84 Å². The van der Waals surface area contributed by atoms with Gasteiger partial charge in [-0.25, -0.2) is 4.79 Å². The van der Waals surface area contributed by atoms with E-state index in [9.17, 15) is 9.90 Å². The zero-order valence-electron chi connectivity index (χ0n) is 11.5. The number of hydrogen-bond donors (Lipinski definition) is 1. The van der Waals surface area contributed by atoms with Crippen molar-refractivity contribution in [1.29, 1.82) is 0 Å². The molecule has 20 heavy (non-hydrogen) atoms. The van der Waals surface area contributed by atoms with Crippen LogP contribution in [-0.4, -0.2) is 17.7 Å². The maximum absolute atomic E-state index is 11.8. The van der Waals surface area contributed by atoms with E-state index < -0.39 is 5.97 Å².